The smallest absolute Gasteiger partial charge is 0.194 e. The highest BCUT2D eigenvalue weighted by Crippen LogP contribution is 2.25. The Bertz CT molecular complexity index is 850. The molecule has 0 spiro atoms. The maximum atomic E-state index is 12.5. The zero-order valence-electron chi connectivity index (χ0n) is 12.5. The van der Waals surface area contributed by atoms with Crippen LogP contribution in [0.5, 0.6) is 0 Å². The van der Waals surface area contributed by atoms with E-state index in [0.717, 1.165) is 11.1 Å². The van der Waals surface area contributed by atoms with E-state index in [0.29, 0.717) is 21.2 Å². The molecular formula is C20H14Cl2O. The molecule has 0 fully saturated rings. The molecule has 1 nitrogen and oxygen atoms in total. The van der Waals surface area contributed by atoms with E-state index in [9.17, 15) is 4.79 Å². The van der Waals surface area contributed by atoms with E-state index in [-0.39, 0.29) is 5.78 Å². The van der Waals surface area contributed by atoms with Crippen molar-refractivity contribution in [1.29, 1.82) is 0 Å². The van der Waals surface area contributed by atoms with Gasteiger partial charge >= 0.3 is 0 Å². The molecule has 3 heteroatoms. The summed E-state index contributed by atoms with van der Waals surface area (Å²) in [6.45, 7) is 2.06. The number of ketones is 1. The van der Waals surface area contributed by atoms with Crippen molar-refractivity contribution >= 4 is 29.0 Å². The van der Waals surface area contributed by atoms with Gasteiger partial charge in [-0.05, 0) is 36.2 Å². The van der Waals surface area contributed by atoms with Gasteiger partial charge in [-0.3, -0.25) is 4.79 Å². The third-order valence-electron chi connectivity index (χ3n) is 3.71. The van der Waals surface area contributed by atoms with Gasteiger partial charge in [0.2, 0.25) is 0 Å². The van der Waals surface area contributed by atoms with Gasteiger partial charge in [0.1, 0.15) is 0 Å². The van der Waals surface area contributed by atoms with Crippen molar-refractivity contribution in [3.05, 3.63) is 93.5 Å². The molecule has 0 atom stereocenters. The van der Waals surface area contributed by atoms with E-state index in [4.69, 9.17) is 23.2 Å². The number of aryl methyl sites for hydroxylation is 1. The Morgan fingerprint density at radius 2 is 1.35 bits per heavy atom. The van der Waals surface area contributed by atoms with Crippen LogP contribution in [0.15, 0.2) is 66.7 Å². The first-order valence-corrected chi connectivity index (χ1v) is 7.97. The van der Waals surface area contributed by atoms with Gasteiger partial charge in [0.25, 0.3) is 0 Å². The number of carbonyl (C=O) groups excluding carboxylic acids is 1. The first-order valence-electron chi connectivity index (χ1n) is 7.21. The second-order valence-electron chi connectivity index (χ2n) is 5.40. The van der Waals surface area contributed by atoms with Crippen LogP contribution in [0, 0.1) is 6.92 Å². The molecule has 3 aromatic carbocycles. The van der Waals surface area contributed by atoms with Crippen LogP contribution in [0.4, 0.5) is 0 Å². The Hall–Kier alpha value is -2.09. The number of benzene rings is 3. The summed E-state index contributed by atoms with van der Waals surface area (Å²) in [5, 5.41) is 0.881. The van der Waals surface area contributed by atoms with Crippen LogP contribution in [0.2, 0.25) is 10.0 Å². The van der Waals surface area contributed by atoms with Crippen LogP contribution in [-0.2, 0) is 0 Å². The van der Waals surface area contributed by atoms with E-state index in [1.54, 1.807) is 18.2 Å². The fourth-order valence-electron chi connectivity index (χ4n) is 2.39. The summed E-state index contributed by atoms with van der Waals surface area (Å²) in [7, 11) is 0. The lowest BCUT2D eigenvalue weighted by atomic mass is 9.99. The maximum Gasteiger partial charge on any atom is 0.194 e. The van der Waals surface area contributed by atoms with Gasteiger partial charge in [-0.1, -0.05) is 77.3 Å². The predicted molar refractivity (Wildman–Crippen MR) is 96.5 cm³/mol. The number of halogens is 2. The third kappa shape index (κ3) is 3.47. The lowest BCUT2D eigenvalue weighted by Gasteiger charge is -2.06. The number of hydrogen-bond acceptors (Lipinski definition) is 1. The molecular weight excluding hydrogens is 327 g/mol. The normalized spacial score (nSPS) is 10.6. The minimum absolute atomic E-state index is 0.109. The molecule has 0 saturated carbocycles. The van der Waals surface area contributed by atoms with Crippen LogP contribution in [-0.4, -0.2) is 5.78 Å². The molecule has 0 saturated heterocycles. The summed E-state index contributed by atoms with van der Waals surface area (Å²) in [5.41, 5.74) is 4.48. The molecule has 3 aromatic rings. The number of rotatable bonds is 3. The summed E-state index contributed by atoms with van der Waals surface area (Å²) in [6, 6.07) is 20.7. The van der Waals surface area contributed by atoms with Gasteiger partial charge < -0.3 is 0 Å². The van der Waals surface area contributed by atoms with Gasteiger partial charge in [0.15, 0.2) is 5.78 Å². The van der Waals surface area contributed by atoms with Crippen molar-refractivity contribution in [3.8, 4) is 11.1 Å². The van der Waals surface area contributed by atoms with Gasteiger partial charge in [0.05, 0.1) is 5.02 Å². The second-order valence-corrected chi connectivity index (χ2v) is 6.24. The summed E-state index contributed by atoms with van der Waals surface area (Å²) >= 11 is 12.0. The Kier molecular flexibility index (Phi) is 4.51. The van der Waals surface area contributed by atoms with Crippen molar-refractivity contribution in [1.82, 2.24) is 0 Å². The lowest BCUT2D eigenvalue weighted by Crippen LogP contribution is -2.02. The molecule has 23 heavy (non-hydrogen) atoms. The summed E-state index contributed by atoms with van der Waals surface area (Å²) in [6.07, 6.45) is 0. The number of hydrogen-bond donors (Lipinski definition) is 0. The lowest BCUT2D eigenvalue weighted by molar-refractivity contribution is 0.103. The summed E-state index contributed by atoms with van der Waals surface area (Å²) < 4.78 is 0. The predicted octanol–water partition coefficient (Wildman–Crippen LogP) is 6.20. The van der Waals surface area contributed by atoms with Crippen molar-refractivity contribution in [3.63, 3.8) is 0 Å². The van der Waals surface area contributed by atoms with Gasteiger partial charge in [-0.15, -0.1) is 0 Å². The zero-order chi connectivity index (χ0) is 16.4. The van der Waals surface area contributed by atoms with Crippen molar-refractivity contribution < 1.29 is 4.79 Å². The molecule has 0 aliphatic carbocycles. The average Bonchev–Trinajstić information content (AvgIpc) is 2.55. The van der Waals surface area contributed by atoms with E-state index < -0.39 is 0 Å². The molecule has 0 radical (unpaired) electrons. The quantitative estimate of drug-likeness (QED) is 0.518. The average molecular weight is 341 g/mol. The van der Waals surface area contributed by atoms with Crippen LogP contribution in [0.1, 0.15) is 21.5 Å². The van der Waals surface area contributed by atoms with Gasteiger partial charge in [-0.25, -0.2) is 0 Å². The Morgan fingerprint density at radius 3 is 1.91 bits per heavy atom. The SMILES string of the molecule is Cc1ccc(-c2ccc(C(=O)c3ccc(Cl)cc3Cl)cc2)cc1. The topological polar surface area (TPSA) is 17.1 Å². The van der Waals surface area contributed by atoms with E-state index in [1.807, 2.05) is 24.3 Å². The highest BCUT2D eigenvalue weighted by molar-refractivity contribution is 6.37. The highest BCUT2D eigenvalue weighted by Gasteiger charge is 2.13. The van der Waals surface area contributed by atoms with Crippen molar-refractivity contribution in [2.75, 3.05) is 0 Å². The molecule has 0 heterocycles. The third-order valence-corrected chi connectivity index (χ3v) is 4.26. The van der Waals surface area contributed by atoms with E-state index >= 15 is 0 Å². The summed E-state index contributed by atoms with van der Waals surface area (Å²) in [5.74, 6) is -0.109. The maximum absolute atomic E-state index is 12.5. The fraction of sp³-hybridized carbons (Fsp3) is 0.0500. The zero-order valence-corrected chi connectivity index (χ0v) is 14.0. The monoisotopic (exact) mass is 340 g/mol. The molecule has 0 bridgehead atoms. The van der Waals surface area contributed by atoms with Crippen molar-refractivity contribution in [2.45, 2.75) is 6.92 Å². The second kappa shape index (κ2) is 6.57. The molecule has 3 rings (SSSR count). The fourth-order valence-corrected chi connectivity index (χ4v) is 2.88. The minimum Gasteiger partial charge on any atom is -0.289 e. The first-order chi connectivity index (χ1) is 11.0. The van der Waals surface area contributed by atoms with Crippen LogP contribution >= 0.6 is 23.2 Å². The van der Waals surface area contributed by atoms with Crippen LogP contribution in [0.3, 0.4) is 0 Å². The van der Waals surface area contributed by atoms with Gasteiger partial charge in [-0.2, -0.15) is 0 Å². The largest absolute Gasteiger partial charge is 0.289 e. The molecule has 0 N–H and O–H groups in total. The highest BCUT2D eigenvalue weighted by atomic mass is 35.5. The van der Waals surface area contributed by atoms with Crippen LogP contribution in [0.25, 0.3) is 11.1 Å². The Balaban J connectivity index is 1.89. The molecule has 0 aliphatic rings. The molecule has 0 unspecified atom stereocenters. The molecule has 0 amide bonds. The van der Waals surface area contributed by atoms with Crippen LogP contribution < -0.4 is 0 Å². The summed E-state index contributed by atoms with van der Waals surface area (Å²) in [4.78, 5) is 12.5. The minimum atomic E-state index is -0.109. The van der Waals surface area contributed by atoms with Crippen molar-refractivity contribution in [2.24, 2.45) is 0 Å². The first kappa shape index (κ1) is 15.8. The van der Waals surface area contributed by atoms with Gasteiger partial charge in [0, 0.05) is 16.1 Å². The standard InChI is InChI=1S/C20H14Cl2O/c1-13-2-4-14(5-3-13)15-6-8-16(9-7-15)20(23)18-11-10-17(21)12-19(18)22/h2-12H,1H3. The Morgan fingerprint density at radius 1 is 0.783 bits per heavy atom. The van der Waals surface area contributed by atoms with E-state index in [1.165, 1.54) is 5.56 Å². The van der Waals surface area contributed by atoms with E-state index in [2.05, 4.69) is 31.2 Å². The molecule has 114 valence electrons. The number of carbonyl (C=O) groups is 1. The molecule has 0 aromatic heterocycles. The molecule has 0 aliphatic heterocycles. The Labute approximate surface area is 145 Å².